The second-order valence-electron chi connectivity index (χ2n) is 10.5. The normalized spacial score (nSPS) is 17.7. The molecule has 0 amide bonds. The van der Waals surface area contributed by atoms with E-state index in [1.807, 2.05) is 40.9 Å². The minimum absolute atomic E-state index is 0.252. The van der Waals surface area contributed by atoms with Gasteiger partial charge in [-0.2, -0.15) is 10.2 Å². The standard InChI is InChI=1S/C29H37N9O/c1-21-19-24-26(28(35(2)33-24)22-7-5-4-6-8-22)23-20-30-29(32-27(21)23)31-25-9-10-38(34-25)16-15-36-11-13-37(14-12-36)17-18-39-3/h4-10,20-21H,11-19H2,1-3H3,(H,30,31,32,34). The van der Waals surface area contributed by atoms with Crippen LogP contribution in [0.5, 0.6) is 0 Å². The molecule has 10 heteroatoms. The van der Waals surface area contributed by atoms with Crippen LogP contribution in [0.15, 0.2) is 48.8 Å². The zero-order valence-corrected chi connectivity index (χ0v) is 23.0. The summed E-state index contributed by atoms with van der Waals surface area (Å²) < 4.78 is 9.19. The van der Waals surface area contributed by atoms with Crippen LogP contribution in [0.3, 0.4) is 0 Å². The summed E-state index contributed by atoms with van der Waals surface area (Å²) in [6, 6.07) is 12.4. The molecule has 1 fully saturated rings. The fourth-order valence-electron chi connectivity index (χ4n) is 5.71. The second-order valence-corrected chi connectivity index (χ2v) is 10.5. The number of hydrogen-bond donors (Lipinski definition) is 1. The molecule has 0 bridgehead atoms. The van der Waals surface area contributed by atoms with Gasteiger partial charge in [-0.1, -0.05) is 37.3 Å². The fraction of sp³-hybridized carbons (Fsp3) is 0.448. The number of nitrogens with zero attached hydrogens (tertiary/aromatic N) is 8. The minimum atomic E-state index is 0.252. The first-order valence-corrected chi connectivity index (χ1v) is 13.8. The zero-order valence-electron chi connectivity index (χ0n) is 23.0. The van der Waals surface area contributed by atoms with Crippen molar-refractivity contribution in [3.63, 3.8) is 0 Å². The number of rotatable bonds is 9. The number of benzene rings is 1. The van der Waals surface area contributed by atoms with Gasteiger partial charge < -0.3 is 10.1 Å². The van der Waals surface area contributed by atoms with Crippen LogP contribution in [0, 0.1) is 0 Å². The Morgan fingerprint density at radius 1 is 0.974 bits per heavy atom. The largest absolute Gasteiger partial charge is 0.383 e. The number of nitrogens with one attached hydrogen (secondary N) is 1. The third-order valence-electron chi connectivity index (χ3n) is 7.82. The first kappa shape index (κ1) is 25.7. The van der Waals surface area contributed by atoms with Gasteiger partial charge in [0, 0.05) is 101 Å². The van der Waals surface area contributed by atoms with Crippen LogP contribution in [-0.4, -0.2) is 92.3 Å². The summed E-state index contributed by atoms with van der Waals surface area (Å²) in [5, 5.41) is 12.9. The van der Waals surface area contributed by atoms with E-state index in [0.29, 0.717) is 5.95 Å². The monoisotopic (exact) mass is 527 g/mol. The lowest BCUT2D eigenvalue weighted by molar-refractivity contribution is 0.0948. The predicted octanol–water partition coefficient (Wildman–Crippen LogP) is 3.41. The van der Waals surface area contributed by atoms with Gasteiger partial charge in [0.2, 0.25) is 5.95 Å². The molecule has 10 nitrogen and oxygen atoms in total. The van der Waals surface area contributed by atoms with E-state index < -0.39 is 0 Å². The highest BCUT2D eigenvalue weighted by atomic mass is 16.5. The molecule has 4 heterocycles. The van der Waals surface area contributed by atoms with Crippen molar-refractivity contribution in [2.24, 2.45) is 7.05 Å². The Morgan fingerprint density at radius 2 is 1.74 bits per heavy atom. The van der Waals surface area contributed by atoms with E-state index in [9.17, 15) is 0 Å². The number of aryl methyl sites for hydroxylation is 1. The van der Waals surface area contributed by atoms with Crippen LogP contribution >= 0.6 is 0 Å². The van der Waals surface area contributed by atoms with Gasteiger partial charge in [0.05, 0.1) is 30.2 Å². The highest BCUT2D eigenvalue weighted by molar-refractivity contribution is 5.85. The van der Waals surface area contributed by atoms with Crippen molar-refractivity contribution in [1.29, 1.82) is 0 Å². The Kier molecular flexibility index (Phi) is 7.40. The lowest BCUT2D eigenvalue weighted by atomic mass is 9.85. The summed E-state index contributed by atoms with van der Waals surface area (Å²) in [7, 11) is 3.78. The molecular formula is C29H37N9O. The maximum absolute atomic E-state index is 5.21. The molecule has 39 heavy (non-hydrogen) atoms. The third-order valence-corrected chi connectivity index (χ3v) is 7.82. The van der Waals surface area contributed by atoms with Crippen molar-refractivity contribution in [1.82, 2.24) is 39.3 Å². The van der Waals surface area contributed by atoms with Gasteiger partial charge in [0.1, 0.15) is 0 Å². The van der Waals surface area contributed by atoms with Crippen molar-refractivity contribution in [3.05, 3.63) is 60.2 Å². The van der Waals surface area contributed by atoms with Gasteiger partial charge in [-0.3, -0.25) is 19.2 Å². The number of methoxy groups -OCH3 is 1. The molecule has 1 N–H and O–H groups in total. The Morgan fingerprint density at radius 3 is 2.51 bits per heavy atom. The van der Waals surface area contributed by atoms with Crippen LogP contribution in [0.25, 0.3) is 22.4 Å². The first-order valence-electron chi connectivity index (χ1n) is 13.8. The number of ether oxygens (including phenoxy) is 1. The number of aromatic nitrogens is 6. The van der Waals surface area contributed by atoms with E-state index in [2.05, 4.69) is 46.3 Å². The summed E-state index contributed by atoms with van der Waals surface area (Å²) in [4.78, 5) is 14.6. The Bertz CT molecular complexity index is 1410. The molecule has 2 aliphatic rings. The highest BCUT2D eigenvalue weighted by Gasteiger charge is 2.30. The maximum Gasteiger partial charge on any atom is 0.228 e. The van der Waals surface area contributed by atoms with Crippen LogP contribution in [0.2, 0.25) is 0 Å². The molecule has 1 unspecified atom stereocenters. The molecule has 204 valence electrons. The van der Waals surface area contributed by atoms with Crippen molar-refractivity contribution >= 4 is 11.8 Å². The molecule has 1 saturated heterocycles. The van der Waals surface area contributed by atoms with Gasteiger partial charge in [0.15, 0.2) is 5.82 Å². The van der Waals surface area contributed by atoms with Gasteiger partial charge in [-0.05, 0) is 0 Å². The van der Waals surface area contributed by atoms with Crippen molar-refractivity contribution in [3.8, 4) is 22.4 Å². The number of piperazine rings is 1. The summed E-state index contributed by atoms with van der Waals surface area (Å²) >= 11 is 0. The Hall–Kier alpha value is -3.60. The summed E-state index contributed by atoms with van der Waals surface area (Å²) in [6.07, 6.45) is 4.82. The number of fused-ring (bicyclic) bond motifs is 3. The van der Waals surface area contributed by atoms with E-state index in [1.54, 1.807) is 7.11 Å². The molecule has 1 aliphatic carbocycles. The smallest absolute Gasteiger partial charge is 0.228 e. The first-order chi connectivity index (χ1) is 19.1. The maximum atomic E-state index is 5.21. The summed E-state index contributed by atoms with van der Waals surface area (Å²) in [5.74, 6) is 1.59. The zero-order chi connectivity index (χ0) is 26.8. The van der Waals surface area contributed by atoms with E-state index in [4.69, 9.17) is 24.9 Å². The SMILES string of the molecule is COCCN1CCN(CCn2ccc(Nc3ncc4c(n3)C(C)Cc3nn(C)c(-c5ccccc5)c3-4)n2)CC1. The molecule has 1 aliphatic heterocycles. The van der Waals surface area contributed by atoms with Gasteiger partial charge in [-0.15, -0.1) is 0 Å². The van der Waals surface area contributed by atoms with Crippen LogP contribution in [-0.2, 0) is 24.8 Å². The molecular weight excluding hydrogens is 490 g/mol. The molecule has 6 rings (SSSR count). The van der Waals surface area contributed by atoms with Crippen molar-refractivity contribution in [2.75, 3.05) is 58.3 Å². The van der Waals surface area contributed by atoms with Crippen LogP contribution in [0.4, 0.5) is 11.8 Å². The molecule has 0 saturated carbocycles. The highest BCUT2D eigenvalue weighted by Crippen LogP contribution is 2.43. The quantitative estimate of drug-likeness (QED) is 0.354. The average Bonchev–Trinajstić information content (AvgIpc) is 3.55. The third kappa shape index (κ3) is 5.45. The van der Waals surface area contributed by atoms with Crippen molar-refractivity contribution < 1.29 is 4.74 Å². The van der Waals surface area contributed by atoms with Crippen LogP contribution in [0.1, 0.15) is 24.2 Å². The molecule has 1 aromatic carbocycles. The van der Waals surface area contributed by atoms with E-state index >= 15 is 0 Å². The molecule has 1 atom stereocenters. The van der Waals surface area contributed by atoms with E-state index in [1.165, 1.54) is 0 Å². The van der Waals surface area contributed by atoms with Gasteiger partial charge >= 0.3 is 0 Å². The van der Waals surface area contributed by atoms with Gasteiger partial charge in [-0.25, -0.2) is 9.97 Å². The Balaban J connectivity index is 1.13. The second kappa shape index (κ2) is 11.3. The Labute approximate surface area is 229 Å². The molecule has 0 radical (unpaired) electrons. The molecule has 4 aromatic rings. The lowest BCUT2D eigenvalue weighted by Gasteiger charge is -2.34. The van der Waals surface area contributed by atoms with E-state index in [0.717, 1.165) is 98.4 Å². The summed E-state index contributed by atoms with van der Waals surface area (Å²) in [5.41, 5.74) is 6.62. The van der Waals surface area contributed by atoms with Gasteiger partial charge in [0.25, 0.3) is 0 Å². The summed E-state index contributed by atoms with van der Waals surface area (Å²) in [6.45, 7) is 10.2. The molecule has 0 spiro atoms. The van der Waals surface area contributed by atoms with Crippen LogP contribution < -0.4 is 5.32 Å². The van der Waals surface area contributed by atoms with E-state index in [-0.39, 0.29) is 5.92 Å². The predicted molar refractivity (Wildman–Crippen MR) is 152 cm³/mol. The molecule has 3 aromatic heterocycles. The lowest BCUT2D eigenvalue weighted by Crippen LogP contribution is -2.47. The number of hydrogen-bond acceptors (Lipinski definition) is 8. The average molecular weight is 528 g/mol. The number of anilines is 2. The fourth-order valence-corrected chi connectivity index (χ4v) is 5.71. The minimum Gasteiger partial charge on any atom is -0.383 e. The van der Waals surface area contributed by atoms with Crippen molar-refractivity contribution in [2.45, 2.75) is 25.8 Å². The topological polar surface area (TPSA) is 89.2 Å².